The highest BCUT2D eigenvalue weighted by molar-refractivity contribution is 6.13. The molecular formula is C15H19ClN2O2. The zero-order valence-electron chi connectivity index (χ0n) is 11.6. The van der Waals surface area contributed by atoms with Crippen LogP contribution in [0, 0.1) is 0 Å². The normalized spacial score (nSPS) is 20.0. The minimum atomic E-state index is -0.268. The lowest BCUT2D eigenvalue weighted by atomic mass is 10.0. The standard InChI is InChI=1S/C15H19ClN2O2/c1-20-15(19)12-3-2-11-4-9-18(14(11)10-12)13-5-7-17(16)8-6-13/h2-3,10,13H,4-9H2,1H3. The number of hydrogen-bond acceptors (Lipinski definition) is 4. The van der Waals surface area contributed by atoms with Crippen molar-refractivity contribution in [3.8, 4) is 0 Å². The molecule has 0 spiro atoms. The highest BCUT2D eigenvalue weighted by Gasteiger charge is 2.29. The van der Waals surface area contributed by atoms with Crippen molar-refractivity contribution in [1.82, 2.24) is 4.42 Å². The van der Waals surface area contributed by atoms with Crippen LogP contribution in [0.15, 0.2) is 18.2 Å². The summed E-state index contributed by atoms with van der Waals surface area (Å²) in [5.41, 5.74) is 3.15. The quantitative estimate of drug-likeness (QED) is 0.620. The summed E-state index contributed by atoms with van der Waals surface area (Å²) in [5.74, 6) is -0.268. The Kier molecular flexibility index (Phi) is 3.85. The van der Waals surface area contributed by atoms with Crippen molar-refractivity contribution in [2.45, 2.75) is 25.3 Å². The molecule has 0 unspecified atom stereocenters. The Bertz CT molecular complexity index is 513. The molecule has 3 rings (SSSR count). The average Bonchev–Trinajstić information content (AvgIpc) is 2.90. The molecule has 2 aliphatic heterocycles. The summed E-state index contributed by atoms with van der Waals surface area (Å²) in [6, 6.07) is 6.41. The number of nitrogens with zero attached hydrogens (tertiary/aromatic N) is 2. The van der Waals surface area contributed by atoms with Crippen LogP contribution in [-0.4, -0.2) is 43.2 Å². The third-order valence-electron chi connectivity index (χ3n) is 4.29. The Labute approximate surface area is 124 Å². The number of carbonyl (C=O) groups is 1. The van der Waals surface area contributed by atoms with Gasteiger partial charge in [0.2, 0.25) is 0 Å². The van der Waals surface area contributed by atoms with Gasteiger partial charge >= 0.3 is 5.97 Å². The summed E-state index contributed by atoms with van der Waals surface area (Å²) < 4.78 is 6.67. The molecule has 108 valence electrons. The maximum Gasteiger partial charge on any atom is 0.337 e. The number of methoxy groups -OCH3 is 1. The van der Waals surface area contributed by atoms with Crippen LogP contribution in [0.1, 0.15) is 28.8 Å². The minimum absolute atomic E-state index is 0.268. The van der Waals surface area contributed by atoms with Crippen LogP contribution in [0.3, 0.4) is 0 Å². The Morgan fingerprint density at radius 2 is 2.05 bits per heavy atom. The highest BCUT2D eigenvalue weighted by Crippen LogP contribution is 2.33. The van der Waals surface area contributed by atoms with E-state index in [4.69, 9.17) is 16.5 Å². The number of hydrogen-bond donors (Lipinski definition) is 0. The highest BCUT2D eigenvalue weighted by atomic mass is 35.5. The number of benzene rings is 1. The lowest BCUT2D eigenvalue weighted by Gasteiger charge is -2.35. The molecule has 0 aromatic heterocycles. The summed E-state index contributed by atoms with van der Waals surface area (Å²) in [7, 11) is 1.42. The zero-order valence-corrected chi connectivity index (χ0v) is 12.4. The molecule has 1 fully saturated rings. The van der Waals surface area contributed by atoms with Gasteiger partial charge in [-0.05, 0) is 48.7 Å². The van der Waals surface area contributed by atoms with E-state index >= 15 is 0 Å². The molecule has 2 heterocycles. The number of halogens is 1. The van der Waals surface area contributed by atoms with Crippen LogP contribution in [0.2, 0.25) is 0 Å². The number of esters is 1. The first-order chi connectivity index (χ1) is 9.69. The van der Waals surface area contributed by atoms with Gasteiger partial charge in [-0.1, -0.05) is 6.07 Å². The molecule has 2 aliphatic rings. The van der Waals surface area contributed by atoms with E-state index in [1.54, 1.807) is 0 Å². The van der Waals surface area contributed by atoms with Crippen LogP contribution in [-0.2, 0) is 11.2 Å². The Balaban J connectivity index is 1.83. The van der Waals surface area contributed by atoms with Crippen molar-refractivity contribution >= 4 is 23.4 Å². The number of rotatable bonds is 2. The van der Waals surface area contributed by atoms with E-state index in [0.717, 1.165) is 38.9 Å². The Morgan fingerprint density at radius 3 is 2.75 bits per heavy atom. The molecule has 0 amide bonds. The fraction of sp³-hybridized carbons (Fsp3) is 0.533. The summed E-state index contributed by atoms with van der Waals surface area (Å²) in [6.45, 7) is 2.89. The summed E-state index contributed by atoms with van der Waals surface area (Å²) in [6.07, 6.45) is 3.20. The average molecular weight is 295 g/mol. The third-order valence-corrected chi connectivity index (χ3v) is 4.63. The number of ether oxygens (including phenoxy) is 1. The largest absolute Gasteiger partial charge is 0.465 e. The van der Waals surface area contributed by atoms with Gasteiger partial charge in [-0.3, -0.25) is 0 Å². The molecular weight excluding hydrogens is 276 g/mol. The van der Waals surface area contributed by atoms with Crippen LogP contribution in [0.25, 0.3) is 0 Å². The van der Waals surface area contributed by atoms with E-state index in [-0.39, 0.29) is 5.97 Å². The maximum absolute atomic E-state index is 11.7. The van der Waals surface area contributed by atoms with Gasteiger partial charge in [-0.25, -0.2) is 9.21 Å². The first-order valence-corrected chi connectivity index (χ1v) is 7.41. The molecule has 0 atom stereocenters. The van der Waals surface area contributed by atoms with E-state index < -0.39 is 0 Å². The van der Waals surface area contributed by atoms with Gasteiger partial charge in [-0.2, -0.15) is 0 Å². The molecule has 0 radical (unpaired) electrons. The Hall–Kier alpha value is -1.26. The molecule has 0 saturated carbocycles. The number of piperidine rings is 1. The van der Waals surface area contributed by atoms with Gasteiger partial charge in [-0.15, -0.1) is 0 Å². The lowest BCUT2D eigenvalue weighted by molar-refractivity contribution is 0.0601. The molecule has 0 aliphatic carbocycles. The predicted octanol–water partition coefficient (Wildman–Crippen LogP) is 2.45. The van der Waals surface area contributed by atoms with Gasteiger partial charge in [0.25, 0.3) is 0 Å². The van der Waals surface area contributed by atoms with Crippen LogP contribution >= 0.6 is 11.8 Å². The van der Waals surface area contributed by atoms with Crippen molar-refractivity contribution < 1.29 is 9.53 Å². The molecule has 0 bridgehead atoms. The zero-order chi connectivity index (χ0) is 14.1. The second kappa shape index (κ2) is 5.62. The van der Waals surface area contributed by atoms with Crippen molar-refractivity contribution in [2.24, 2.45) is 0 Å². The van der Waals surface area contributed by atoms with Gasteiger partial charge in [0.05, 0.1) is 12.7 Å². The van der Waals surface area contributed by atoms with Gasteiger partial charge in [0, 0.05) is 31.4 Å². The molecule has 1 saturated heterocycles. The van der Waals surface area contributed by atoms with Crippen LogP contribution in [0.4, 0.5) is 5.69 Å². The van der Waals surface area contributed by atoms with Gasteiger partial charge in [0.1, 0.15) is 0 Å². The molecule has 5 heteroatoms. The fourth-order valence-electron chi connectivity index (χ4n) is 3.17. The second-order valence-electron chi connectivity index (χ2n) is 5.42. The minimum Gasteiger partial charge on any atom is -0.465 e. The van der Waals surface area contributed by atoms with E-state index in [2.05, 4.69) is 11.0 Å². The van der Waals surface area contributed by atoms with Crippen molar-refractivity contribution in [2.75, 3.05) is 31.6 Å². The lowest BCUT2D eigenvalue weighted by Crippen LogP contribution is -2.41. The number of carbonyl (C=O) groups excluding carboxylic acids is 1. The van der Waals surface area contributed by atoms with E-state index in [1.165, 1.54) is 18.4 Å². The first-order valence-electron chi connectivity index (χ1n) is 7.07. The maximum atomic E-state index is 11.7. The second-order valence-corrected chi connectivity index (χ2v) is 5.90. The van der Waals surface area contributed by atoms with E-state index in [1.807, 2.05) is 16.6 Å². The predicted molar refractivity (Wildman–Crippen MR) is 79.3 cm³/mol. The molecule has 0 N–H and O–H groups in total. The van der Waals surface area contributed by atoms with E-state index in [9.17, 15) is 4.79 Å². The SMILES string of the molecule is COC(=O)c1ccc2c(c1)N(C1CCN(Cl)CC1)CC2. The summed E-state index contributed by atoms with van der Waals surface area (Å²) >= 11 is 6.03. The number of fused-ring (bicyclic) bond motifs is 1. The van der Waals surface area contributed by atoms with Crippen LogP contribution < -0.4 is 4.90 Å². The first kappa shape index (κ1) is 13.7. The number of anilines is 1. The van der Waals surface area contributed by atoms with Gasteiger partial charge < -0.3 is 9.64 Å². The summed E-state index contributed by atoms with van der Waals surface area (Å²) in [4.78, 5) is 14.1. The third kappa shape index (κ3) is 2.50. The topological polar surface area (TPSA) is 32.8 Å². The van der Waals surface area contributed by atoms with Crippen molar-refractivity contribution in [1.29, 1.82) is 0 Å². The van der Waals surface area contributed by atoms with Crippen molar-refractivity contribution in [3.63, 3.8) is 0 Å². The fourth-order valence-corrected chi connectivity index (χ4v) is 3.37. The summed E-state index contributed by atoms with van der Waals surface area (Å²) in [5, 5.41) is 0. The van der Waals surface area contributed by atoms with Gasteiger partial charge in [0.15, 0.2) is 0 Å². The monoisotopic (exact) mass is 294 g/mol. The molecule has 4 nitrogen and oxygen atoms in total. The van der Waals surface area contributed by atoms with Crippen LogP contribution in [0.5, 0.6) is 0 Å². The molecule has 1 aromatic carbocycles. The molecule has 20 heavy (non-hydrogen) atoms. The van der Waals surface area contributed by atoms with E-state index in [0.29, 0.717) is 11.6 Å². The van der Waals surface area contributed by atoms with Crippen molar-refractivity contribution in [3.05, 3.63) is 29.3 Å². The molecule has 1 aromatic rings. The smallest absolute Gasteiger partial charge is 0.337 e. The Morgan fingerprint density at radius 1 is 1.30 bits per heavy atom.